The molecular formula is C27H28ClN3O4S. The number of carbonyl (C=O) groups is 2. The molecule has 0 spiro atoms. The molecule has 0 saturated heterocycles. The number of halogens is 1. The van der Waals surface area contributed by atoms with Gasteiger partial charge in [0.2, 0.25) is 0 Å². The second kappa shape index (κ2) is 11.1. The van der Waals surface area contributed by atoms with E-state index in [9.17, 15) is 18.0 Å². The zero-order valence-electron chi connectivity index (χ0n) is 19.9. The van der Waals surface area contributed by atoms with Crippen molar-refractivity contribution in [3.63, 3.8) is 0 Å². The summed E-state index contributed by atoms with van der Waals surface area (Å²) in [5.74, 6) is -0.695. The molecule has 0 heterocycles. The Morgan fingerprint density at radius 2 is 1.56 bits per heavy atom. The van der Waals surface area contributed by atoms with E-state index in [2.05, 4.69) is 15.4 Å². The fourth-order valence-electron chi connectivity index (χ4n) is 4.15. The van der Waals surface area contributed by atoms with E-state index in [-0.39, 0.29) is 33.1 Å². The van der Waals surface area contributed by atoms with Gasteiger partial charge in [-0.25, -0.2) is 8.42 Å². The second-order valence-electron chi connectivity index (χ2n) is 8.92. The zero-order chi connectivity index (χ0) is 25.7. The lowest BCUT2D eigenvalue weighted by atomic mass is 9.95. The van der Waals surface area contributed by atoms with E-state index in [0.717, 1.165) is 31.2 Å². The lowest BCUT2D eigenvalue weighted by Crippen LogP contribution is -2.36. The predicted molar refractivity (Wildman–Crippen MR) is 142 cm³/mol. The molecule has 2 amide bonds. The second-order valence-corrected chi connectivity index (χ2v) is 11.0. The van der Waals surface area contributed by atoms with Gasteiger partial charge in [0.1, 0.15) is 0 Å². The van der Waals surface area contributed by atoms with E-state index in [1.165, 1.54) is 36.8 Å². The minimum atomic E-state index is -3.84. The summed E-state index contributed by atoms with van der Waals surface area (Å²) < 4.78 is 27.8. The normalized spacial score (nSPS) is 14.2. The highest BCUT2D eigenvalue weighted by Gasteiger charge is 2.20. The van der Waals surface area contributed by atoms with E-state index < -0.39 is 15.9 Å². The number of sulfonamides is 1. The Hall–Kier alpha value is -3.36. The smallest absolute Gasteiger partial charge is 0.261 e. The summed E-state index contributed by atoms with van der Waals surface area (Å²) in [4.78, 5) is 25.9. The fraction of sp³-hybridized carbons (Fsp3) is 0.259. The molecule has 7 nitrogen and oxygen atoms in total. The summed E-state index contributed by atoms with van der Waals surface area (Å²) in [5, 5.41) is 5.91. The van der Waals surface area contributed by atoms with E-state index in [1.807, 2.05) is 6.92 Å². The highest BCUT2D eigenvalue weighted by atomic mass is 35.5. The van der Waals surface area contributed by atoms with Crippen LogP contribution in [0.5, 0.6) is 0 Å². The van der Waals surface area contributed by atoms with Gasteiger partial charge in [-0.05, 0) is 62.2 Å². The van der Waals surface area contributed by atoms with Crippen LogP contribution in [0, 0.1) is 6.92 Å². The van der Waals surface area contributed by atoms with Crippen molar-refractivity contribution < 1.29 is 18.0 Å². The Morgan fingerprint density at radius 1 is 0.861 bits per heavy atom. The fourth-order valence-corrected chi connectivity index (χ4v) is 5.52. The molecule has 0 unspecified atom stereocenters. The van der Waals surface area contributed by atoms with E-state index in [1.54, 1.807) is 36.4 Å². The van der Waals surface area contributed by atoms with Gasteiger partial charge in [-0.2, -0.15) is 0 Å². The summed E-state index contributed by atoms with van der Waals surface area (Å²) in [5.41, 5.74) is 2.08. The van der Waals surface area contributed by atoms with E-state index >= 15 is 0 Å². The van der Waals surface area contributed by atoms with Gasteiger partial charge in [-0.1, -0.05) is 60.7 Å². The van der Waals surface area contributed by atoms with Crippen molar-refractivity contribution in [3.05, 3.63) is 88.4 Å². The van der Waals surface area contributed by atoms with Crippen molar-refractivity contribution in [2.75, 3.05) is 10.0 Å². The molecule has 3 N–H and O–H groups in total. The minimum absolute atomic E-state index is 0.0710. The summed E-state index contributed by atoms with van der Waals surface area (Å²) >= 11 is 6.31. The van der Waals surface area contributed by atoms with Crippen LogP contribution in [-0.2, 0) is 10.0 Å². The van der Waals surface area contributed by atoms with Crippen molar-refractivity contribution >= 4 is 44.8 Å². The molecule has 1 saturated carbocycles. The number of rotatable bonds is 7. The number of aryl methyl sites for hydroxylation is 1. The van der Waals surface area contributed by atoms with Crippen LogP contribution >= 0.6 is 11.6 Å². The van der Waals surface area contributed by atoms with Gasteiger partial charge in [0.05, 0.1) is 26.9 Å². The highest BCUT2D eigenvalue weighted by molar-refractivity contribution is 7.92. The molecule has 3 aromatic carbocycles. The van der Waals surface area contributed by atoms with Crippen molar-refractivity contribution in [1.29, 1.82) is 0 Å². The first kappa shape index (κ1) is 25.7. The van der Waals surface area contributed by atoms with Crippen LogP contribution in [0.15, 0.2) is 71.6 Å². The first-order valence-corrected chi connectivity index (χ1v) is 13.7. The molecule has 0 aliphatic heterocycles. The van der Waals surface area contributed by atoms with Gasteiger partial charge in [-0.15, -0.1) is 0 Å². The third kappa shape index (κ3) is 6.25. The number of carbonyl (C=O) groups excluding carboxylic acids is 2. The van der Waals surface area contributed by atoms with Crippen molar-refractivity contribution in [1.82, 2.24) is 5.32 Å². The average molecular weight is 526 g/mol. The maximum absolute atomic E-state index is 12.9. The number of para-hydroxylation sites is 1. The number of nitrogens with one attached hydrogen (secondary N) is 3. The van der Waals surface area contributed by atoms with Gasteiger partial charge in [-0.3, -0.25) is 14.3 Å². The van der Waals surface area contributed by atoms with Gasteiger partial charge in [0.25, 0.3) is 21.8 Å². The van der Waals surface area contributed by atoms with Gasteiger partial charge in [0, 0.05) is 11.6 Å². The van der Waals surface area contributed by atoms with Gasteiger partial charge >= 0.3 is 0 Å². The quantitative estimate of drug-likeness (QED) is 0.364. The van der Waals surface area contributed by atoms with E-state index in [0.29, 0.717) is 11.3 Å². The van der Waals surface area contributed by atoms with Crippen LogP contribution < -0.4 is 15.4 Å². The van der Waals surface area contributed by atoms with Crippen LogP contribution in [0.1, 0.15) is 58.4 Å². The van der Waals surface area contributed by atoms with Crippen LogP contribution in [0.3, 0.4) is 0 Å². The molecule has 4 rings (SSSR count). The largest absolute Gasteiger partial charge is 0.349 e. The Kier molecular flexibility index (Phi) is 7.96. The van der Waals surface area contributed by atoms with Crippen LogP contribution in [0.2, 0.25) is 5.02 Å². The topological polar surface area (TPSA) is 104 Å². The summed E-state index contributed by atoms with van der Waals surface area (Å²) in [7, 11) is -3.84. The van der Waals surface area contributed by atoms with Crippen molar-refractivity contribution in [2.24, 2.45) is 0 Å². The first-order chi connectivity index (χ1) is 17.2. The molecule has 1 aliphatic rings. The minimum Gasteiger partial charge on any atom is -0.349 e. The monoisotopic (exact) mass is 525 g/mol. The third-order valence-corrected chi connectivity index (χ3v) is 7.86. The van der Waals surface area contributed by atoms with Gasteiger partial charge < -0.3 is 10.6 Å². The molecule has 3 aromatic rings. The number of hydrogen-bond acceptors (Lipinski definition) is 4. The Morgan fingerprint density at radius 3 is 2.25 bits per heavy atom. The number of hydrogen-bond donors (Lipinski definition) is 3. The predicted octanol–water partition coefficient (Wildman–Crippen LogP) is 5.76. The first-order valence-electron chi connectivity index (χ1n) is 11.8. The average Bonchev–Trinajstić information content (AvgIpc) is 2.86. The summed E-state index contributed by atoms with van der Waals surface area (Å²) in [6.07, 6.45) is 5.30. The lowest BCUT2D eigenvalue weighted by Gasteiger charge is -2.23. The van der Waals surface area contributed by atoms with Crippen LogP contribution in [-0.4, -0.2) is 26.3 Å². The molecule has 1 fully saturated rings. The molecule has 9 heteroatoms. The highest BCUT2D eigenvalue weighted by Crippen LogP contribution is 2.27. The van der Waals surface area contributed by atoms with Crippen molar-refractivity contribution in [2.45, 2.75) is 50.0 Å². The maximum Gasteiger partial charge on any atom is 0.261 e. The lowest BCUT2D eigenvalue weighted by molar-refractivity contribution is 0.0928. The van der Waals surface area contributed by atoms with Crippen molar-refractivity contribution in [3.8, 4) is 0 Å². The SMILES string of the molecule is Cc1ccc(S(=O)(=O)Nc2ccc(C(=O)Nc3ccccc3C(=O)NC3CCCCC3)cc2Cl)cc1. The van der Waals surface area contributed by atoms with Gasteiger partial charge in [0.15, 0.2) is 0 Å². The standard InChI is InChI=1S/C27H28ClN3O4S/c1-18-11-14-21(15-12-18)36(34,35)31-25-16-13-19(17-23(25)28)26(32)30-24-10-6-5-9-22(24)27(33)29-20-7-3-2-4-8-20/h5-6,9-17,20,31H,2-4,7-8H2,1H3,(H,29,33)(H,30,32). The third-order valence-electron chi connectivity index (χ3n) is 6.17. The Balaban J connectivity index is 1.47. The molecule has 36 heavy (non-hydrogen) atoms. The summed E-state index contributed by atoms with van der Waals surface area (Å²) in [6.45, 7) is 1.87. The Labute approximate surface area is 216 Å². The molecular weight excluding hydrogens is 498 g/mol. The van der Waals surface area contributed by atoms with Crippen LogP contribution in [0.25, 0.3) is 0 Å². The van der Waals surface area contributed by atoms with E-state index in [4.69, 9.17) is 11.6 Å². The molecule has 0 radical (unpaired) electrons. The zero-order valence-corrected chi connectivity index (χ0v) is 21.5. The Bertz CT molecular complexity index is 1370. The molecule has 0 atom stereocenters. The maximum atomic E-state index is 12.9. The molecule has 0 aromatic heterocycles. The molecule has 0 bridgehead atoms. The van der Waals surface area contributed by atoms with Crippen LogP contribution in [0.4, 0.5) is 11.4 Å². The number of amides is 2. The molecule has 188 valence electrons. The molecule has 1 aliphatic carbocycles. The summed E-state index contributed by atoms with van der Waals surface area (Å²) in [6, 6.07) is 17.7. The number of anilines is 2. The number of benzene rings is 3.